The van der Waals surface area contributed by atoms with Crippen molar-refractivity contribution in [2.75, 3.05) is 27.9 Å². The van der Waals surface area contributed by atoms with Crippen LogP contribution in [0.15, 0.2) is 11.8 Å². The number of methoxy groups -OCH3 is 3. The lowest BCUT2D eigenvalue weighted by Crippen LogP contribution is -2.40. The van der Waals surface area contributed by atoms with Crippen LogP contribution in [-0.2, 0) is 23.7 Å². The molecule has 0 unspecified atom stereocenters. The highest BCUT2D eigenvalue weighted by Crippen LogP contribution is 2.17. The maximum absolute atomic E-state index is 11.2. The Morgan fingerprint density at radius 1 is 1.43 bits per heavy atom. The molecule has 0 aromatic rings. The largest absolute Gasteiger partial charge is 0.490 e. The lowest BCUT2D eigenvalue weighted by atomic mass is 10.1. The average Bonchev–Trinajstić information content (AvgIpc) is 2.19. The molecule has 0 saturated heterocycles. The van der Waals surface area contributed by atoms with Crippen LogP contribution >= 0.6 is 0 Å². The Bertz CT molecular complexity index is 235. The number of esters is 1. The summed E-state index contributed by atoms with van der Waals surface area (Å²) in [6, 6.07) is 0. The second kappa shape index (κ2) is 4.97. The van der Waals surface area contributed by atoms with Crippen molar-refractivity contribution in [2.24, 2.45) is 0 Å². The predicted octanol–water partition coefficient (Wildman–Crippen LogP) is 0.103. The van der Waals surface area contributed by atoms with E-state index in [0.29, 0.717) is 6.61 Å². The van der Waals surface area contributed by atoms with E-state index in [2.05, 4.69) is 0 Å². The van der Waals surface area contributed by atoms with Gasteiger partial charge in [0.2, 0.25) is 5.76 Å². The van der Waals surface area contributed by atoms with Crippen LogP contribution in [0.1, 0.15) is 0 Å². The first-order valence-electron chi connectivity index (χ1n) is 4.21. The van der Waals surface area contributed by atoms with Gasteiger partial charge in [0.15, 0.2) is 6.10 Å². The van der Waals surface area contributed by atoms with Crippen molar-refractivity contribution in [1.29, 1.82) is 0 Å². The Balaban J connectivity index is 2.75. The predicted molar refractivity (Wildman–Crippen MR) is 47.6 cm³/mol. The van der Waals surface area contributed by atoms with Gasteiger partial charge in [-0.2, -0.15) is 0 Å². The van der Waals surface area contributed by atoms with Crippen LogP contribution in [0.25, 0.3) is 0 Å². The molecule has 80 valence electrons. The van der Waals surface area contributed by atoms with Crippen molar-refractivity contribution in [3.8, 4) is 0 Å². The molecule has 0 N–H and O–H groups in total. The van der Waals surface area contributed by atoms with Gasteiger partial charge in [0, 0.05) is 14.2 Å². The van der Waals surface area contributed by atoms with Crippen molar-refractivity contribution in [2.45, 2.75) is 12.2 Å². The zero-order valence-electron chi connectivity index (χ0n) is 8.48. The molecule has 0 bridgehead atoms. The molecular formula is C9H14O5. The van der Waals surface area contributed by atoms with Gasteiger partial charge in [0.05, 0.1) is 13.7 Å². The second-order valence-corrected chi connectivity index (χ2v) is 2.83. The minimum Gasteiger partial charge on any atom is -0.490 e. The molecule has 5 heteroatoms. The molecule has 0 aromatic heterocycles. The molecule has 14 heavy (non-hydrogen) atoms. The first kappa shape index (κ1) is 11.0. The maximum atomic E-state index is 11.2. The van der Waals surface area contributed by atoms with E-state index < -0.39 is 12.1 Å². The number of rotatable bonds is 4. The first-order valence-corrected chi connectivity index (χ1v) is 4.21. The highest BCUT2D eigenvalue weighted by atomic mass is 16.6. The van der Waals surface area contributed by atoms with E-state index in [1.807, 2.05) is 0 Å². The second-order valence-electron chi connectivity index (χ2n) is 2.83. The summed E-state index contributed by atoms with van der Waals surface area (Å²) >= 11 is 0. The third kappa shape index (κ3) is 2.24. The summed E-state index contributed by atoms with van der Waals surface area (Å²) < 4.78 is 19.9. The van der Waals surface area contributed by atoms with E-state index in [9.17, 15) is 4.79 Å². The summed E-state index contributed by atoms with van der Waals surface area (Å²) in [7, 11) is 4.49. The van der Waals surface area contributed by atoms with Gasteiger partial charge in [0.1, 0.15) is 6.10 Å². The van der Waals surface area contributed by atoms with Gasteiger partial charge in [-0.15, -0.1) is 0 Å². The van der Waals surface area contributed by atoms with Crippen molar-refractivity contribution in [3.05, 3.63) is 11.8 Å². The number of ether oxygens (including phenoxy) is 4. The topological polar surface area (TPSA) is 54.0 Å². The van der Waals surface area contributed by atoms with Crippen LogP contribution in [0.5, 0.6) is 0 Å². The Labute approximate surface area is 82.6 Å². The van der Waals surface area contributed by atoms with Gasteiger partial charge < -0.3 is 18.9 Å². The summed E-state index contributed by atoms with van der Waals surface area (Å²) in [5.74, 6) is -0.313. The fraction of sp³-hybridized carbons (Fsp3) is 0.667. The molecule has 0 aliphatic carbocycles. The monoisotopic (exact) mass is 202 g/mol. The van der Waals surface area contributed by atoms with Crippen LogP contribution in [-0.4, -0.2) is 46.1 Å². The number of carbonyl (C=O) groups is 1. The van der Waals surface area contributed by atoms with E-state index in [1.165, 1.54) is 21.3 Å². The van der Waals surface area contributed by atoms with Crippen LogP contribution in [0.4, 0.5) is 0 Å². The summed E-state index contributed by atoms with van der Waals surface area (Å²) in [4.78, 5) is 11.2. The Kier molecular flexibility index (Phi) is 3.91. The molecule has 0 amide bonds. The molecule has 1 aliphatic rings. The van der Waals surface area contributed by atoms with Crippen molar-refractivity contribution in [3.63, 3.8) is 0 Å². The molecular weight excluding hydrogens is 188 g/mol. The Morgan fingerprint density at radius 3 is 2.64 bits per heavy atom. The minimum absolute atomic E-state index is 0.171. The molecule has 0 radical (unpaired) electrons. The Hall–Kier alpha value is -1.07. The average molecular weight is 202 g/mol. The number of hydrogen-bond acceptors (Lipinski definition) is 5. The molecule has 1 heterocycles. The van der Waals surface area contributed by atoms with Gasteiger partial charge in [-0.05, 0) is 6.08 Å². The molecule has 1 rings (SSSR count). The molecule has 0 fully saturated rings. The van der Waals surface area contributed by atoms with E-state index in [1.54, 1.807) is 6.08 Å². The quantitative estimate of drug-likeness (QED) is 0.605. The summed E-state index contributed by atoms with van der Waals surface area (Å²) in [5.41, 5.74) is 0. The minimum atomic E-state index is -0.483. The van der Waals surface area contributed by atoms with Crippen molar-refractivity contribution >= 4 is 5.97 Å². The standard InChI is InChI=1S/C9H14O5/c1-11-5-8-6(12-2)4-7(13-3)9(10)14-8/h4,6,8H,5H2,1-3H3/t6-,8+/m0/s1. The van der Waals surface area contributed by atoms with Gasteiger partial charge >= 0.3 is 5.97 Å². The third-order valence-electron chi connectivity index (χ3n) is 1.96. The smallest absolute Gasteiger partial charge is 0.373 e. The van der Waals surface area contributed by atoms with Gasteiger partial charge in [-0.3, -0.25) is 0 Å². The number of carbonyl (C=O) groups excluding carboxylic acids is 1. The highest BCUT2D eigenvalue weighted by molar-refractivity contribution is 5.87. The van der Waals surface area contributed by atoms with Crippen LogP contribution in [0, 0.1) is 0 Å². The lowest BCUT2D eigenvalue weighted by molar-refractivity contribution is -0.160. The summed E-state index contributed by atoms with van der Waals surface area (Å²) in [6.45, 7) is 0.303. The molecule has 5 nitrogen and oxygen atoms in total. The Morgan fingerprint density at radius 2 is 2.14 bits per heavy atom. The van der Waals surface area contributed by atoms with E-state index >= 15 is 0 Å². The molecule has 0 saturated carbocycles. The molecule has 0 spiro atoms. The maximum Gasteiger partial charge on any atom is 0.373 e. The molecule has 2 atom stereocenters. The highest BCUT2D eigenvalue weighted by Gasteiger charge is 2.32. The van der Waals surface area contributed by atoms with Gasteiger partial charge in [-0.1, -0.05) is 0 Å². The normalized spacial score (nSPS) is 26.8. The van der Waals surface area contributed by atoms with Crippen molar-refractivity contribution < 1.29 is 23.7 Å². The SMILES string of the molecule is COC[C@H]1OC(=O)C(OC)=C[C@@H]1OC. The van der Waals surface area contributed by atoms with Gasteiger partial charge in [0.25, 0.3) is 0 Å². The van der Waals surface area contributed by atoms with E-state index in [4.69, 9.17) is 18.9 Å². The van der Waals surface area contributed by atoms with Crippen molar-refractivity contribution in [1.82, 2.24) is 0 Å². The summed E-state index contributed by atoms with van der Waals surface area (Å²) in [5, 5.41) is 0. The lowest BCUT2D eigenvalue weighted by Gasteiger charge is -2.27. The van der Waals surface area contributed by atoms with Crippen LogP contribution in [0.3, 0.4) is 0 Å². The van der Waals surface area contributed by atoms with E-state index in [0.717, 1.165) is 0 Å². The van der Waals surface area contributed by atoms with Crippen LogP contribution < -0.4 is 0 Å². The van der Waals surface area contributed by atoms with E-state index in [-0.39, 0.29) is 11.9 Å². The third-order valence-corrected chi connectivity index (χ3v) is 1.96. The molecule has 0 aromatic carbocycles. The number of cyclic esters (lactones) is 1. The fourth-order valence-corrected chi connectivity index (χ4v) is 1.25. The summed E-state index contributed by atoms with van der Waals surface area (Å²) in [6.07, 6.45) is 0.870. The van der Waals surface area contributed by atoms with Crippen LogP contribution in [0.2, 0.25) is 0 Å². The zero-order valence-corrected chi connectivity index (χ0v) is 8.48. The first-order chi connectivity index (χ1) is 6.72. The molecule has 1 aliphatic heterocycles. The fourth-order valence-electron chi connectivity index (χ4n) is 1.25. The number of hydrogen-bond donors (Lipinski definition) is 0. The zero-order chi connectivity index (χ0) is 10.6. The van der Waals surface area contributed by atoms with Gasteiger partial charge in [-0.25, -0.2) is 4.79 Å².